The first kappa shape index (κ1) is 23.0. The van der Waals surface area contributed by atoms with Crippen molar-refractivity contribution in [3.8, 4) is 0 Å². The predicted octanol–water partition coefficient (Wildman–Crippen LogP) is 2.91. The Morgan fingerprint density at radius 1 is 1.20 bits per heavy atom. The minimum Gasteiger partial charge on any atom is -0.356 e. The summed E-state index contributed by atoms with van der Waals surface area (Å²) in [5, 5.41) is 6.00. The SMILES string of the molecule is O=C(NCC/C=C/S(=O)(=O)c1ccc(Cl)cc1)C1CCN(S(=O)(=O)c2cccs2)C1. The maximum Gasteiger partial charge on any atom is 0.252 e. The average molecular weight is 489 g/mol. The van der Waals surface area contributed by atoms with Gasteiger partial charge in [-0.2, -0.15) is 4.31 Å². The van der Waals surface area contributed by atoms with E-state index in [0.717, 1.165) is 16.7 Å². The van der Waals surface area contributed by atoms with E-state index in [-0.39, 0.29) is 28.1 Å². The molecule has 1 amide bonds. The number of nitrogens with one attached hydrogen (secondary N) is 1. The van der Waals surface area contributed by atoms with E-state index in [1.807, 2.05) is 0 Å². The van der Waals surface area contributed by atoms with Crippen molar-refractivity contribution in [3.63, 3.8) is 0 Å². The van der Waals surface area contributed by atoms with Gasteiger partial charge in [-0.1, -0.05) is 23.7 Å². The van der Waals surface area contributed by atoms with Crippen LogP contribution in [0.1, 0.15) is 12.8 Å². The molecule has 1 N–H and O–H groups in total. The number of rotatable bonds is 8. The summed E-state index contributed by atoms with van der Waals surface area (Å²) in [5.74, 6) is -0.644. The Morgan fingerprint density at radius 2 is 1.93 bits per heavy atom. The molecule has 30 heavy (non-hydrogen) atoms. The molecule has 2 aromatic rings. The van der Waals surface area contributed by atoms with Gasteiger partial charge < -0.3 is 5.32 Å². The third-order valence-corrected chi connectivity index (χ3v) is 9.61. The van der Waals surface area contributed by atoms with Gasteiger partial charge in [0.25, 0.3) is 10.0 Å². The number of benzene rings is 1. The Bertz CT molecular complexity index is 1110. The molecule has 0 bridgehead atoms. The summed E-state index contributed by atoms with van der Waals surface area (Å²) in [6, 6.07) is 9.11. The molecule has 2 heterocycles. The van der Waals surface area contributed by atoms with Crippen molar-refractivity contribution in [2.75, 3.05) is 19.6 Å². The first-order valence-corrected chi connectivity index (χ1v) is 13.4. The van der Waals surface area contributed by atoms with Crippen LogP contribution < -0.4 is 5.32 Å². The summed E-state index contributed by atoms with van der Waals surface area (Å²) in [4.78, 5) is 12.5. The van der Waals surface area contributed by atoms with Gasteiger partial charge in [-0.05, 0) is 48.6 Å². The Hall–Kier alpha value is -1.72. The van der Waals surface area contributed by atoms with Crippen LogP contribution in [0.4, 0.5) is 0 Å². The summed E-state index contributed by atoms with van der Waals surface area (Å²) in [6.45, 7) is 0.712. The first-order valence-electron chi connectivity index (χ1n) is 9.19. The van der Waals surface area contributed by atoms with Gasteiger partial charge in [0, 0.05) is 30.1 Å². The molecule has 11 heteroatoms. The number of nitrogens with zero attached hydrogens (tertiary/aromatic N) is 1. The van der Waals surface area contributed by atoms with Crippen LogP contribution in [-0.2, 0) is 24.7 Å². The fourth-order valence-electron chi connectivity index (χ4n) is 3.02. The average Bonchev–Trinajstić information content (AvgIpc) is 3.40. The molecule has 1 aromatic carbocycles. The molecule has 0 spiro atoms. The van der Waals surface area contributed by atoms with E-state index < -0.39 is 25.8 Å². The molecule has 0 aliphatic carbocycles. The van der Waals surface area contributed by atoms with Gasteiger partial charge in [0.1, 0.15) is 4.21 Å². The van der Waals surface area contributed by atoms with E-state index in [9.17, 15) is 21.6 Å². The fourth-order valence-corrected chi connectivity index (χ4v) is 6.85. The molecule has 162 valence electrons. The molecule has 1 aliphatic rings. The van der Waals surface area contributed by atoms with Gasteiger partial charge in [0.05, 0.1) is 10.8 Å². The van der Waals surface area contributed by atoms with E-state index in [0.29, 0.717) is 24.4 Å². The number of carbonyl (C=O) groups excluding carboxylic acids is 1. The lowest BCUT2D eigenvalue weighted by Gasteiger charge is -2.15. The van der Waals surface area contributed by atoms with Crippen LogP contribution >= 0.6 is 22.9 Å². The topological polar surface area (TPSA) is 101 Å². The van der Waals surface area contributed by atoms with Crippen molar-refractivity contribution in [3.05, 3.63) is 58.3 Å². The fraction of sp³-hybridized carbons (Fsp3) is 0.316. The largest absolute Gasteiger partial charge is 0.356 e. The lowest BCUT2D eigenvalue weighted by molar-refractivity contribution is -0.124. The van der Waals surface area contributed by atoms with E-state index in [1.54, 1.807) is 17.5 Å². The second-order valence-corrected chi connectivity index (χ2v) is 12.1. The van der Waals surface area contributed by atoms with Crippen LogP contribution in [0.5, 0.6) is 0 Å². The molecular weight excluding hydrogens is 468 g/mol. The highest BCUT2D eigenvalue weighted by Crippen LogP contribution is 2.27. The van der Waals surface area contributed by atoms with Crippen LogP contribution in [-0.4, -0.2) is 46.7 Å². The summed E-state index contributed by atoms with van der Waals surface area (Å²) in [6.07, 6.45) is 2.27. The van der Waals surface area contributed by atoms with Crippen molar-refractivity contribution in [1.82, 2.24) is 9.62 Å². The number of sulfonamides is 1. The minimum atomic E-state index is -3.56. The molecule has 7 nitrogen and oxygen atoms in total. The van der Waals surface area contributed by atoms with Gasteiger partial charge >= 0.3 is 0 Å². The molecule has 1 aromatic heterocycles. The van der Waals surface area contributed by atoms with E-state index in [4.69, 9.17) is 11.6 Å². The van der Waals surface area contributed by atoms with Crippen molar-refractivity contribution in [1.29, 1.82) is 0 Å². The molecule has 3 rings (SSSR count). The number of amides is 1. The smallest absolute Gasteiger partial charge is 0.252 e. The minimum absolute atomic E-state index is 0.144. The zero-order valence-electron chi connectivity index (χ0n) is 15.9. The molecule has 1 aliphatic heterocycles. The predicted molar refractivity (Wildman–Crippen MR) is 117 cm³/mol. The third-order valence-electron chi connectivity index (χ3n) is 4.64. The molecule has 1 atom stereocenters. The maximum atomic E-state index is 12.5. The Labute approximate surface area is 185 Å². The number of thiophene rings is 1. The lowest BCUT2D eigenvalue weighted by Crippen LogP contribution is -2.34. The zero-order chi connectivity index (χ0) is 21.8. The van der Waals surface area contributed by atoms with Crippen LogP contribution in [0.15, 0.2) is 62.4 Å². The number of sulfone groups is 1. The number of hydrogen-bond acceptors (Lipinski definition) is 6. The molecule has 1 saturated heterocycles. The number of carbonyl (C=O) groups is 1. The molecule has 0 radical (unpaired) electrons. The highest BCUT2D eigenvalue weighted by molar-refractivity contribution is 7.94. The summed E-state index contributed by atoms with van der Waals surface area (Å²) in [5.41, 5.74) is 0. The summed E-state index contributed by atoms with van der Waals surface area (Å²) in [7, 11) is -7.11. The van der Waals surface area contributed by atoms with Gasteiger partial charge in [-0.3, -0.25) is 4.79 Å². The Balaban J connectivity index is 1.46. The van der Waals surface area contributed by atoms with E-state index in [1.165, 1.54) is 34.6 Å². The summed E-state index contributed by atoms with van der Waals surface area (Å²) < 4.78 is 51.1. The van der Waals surface area contributed by atoms with Crippen LogP contribution in [0.3, 0.4) is 0 Å². The van der Waals surface area contributed by atoms with Crippen molar-refractivity contribution in [2.24, 2.45) is 5.92 Å². The second kappa shape index (κ2) is 9.61. The van der Waals surface area contributed by atoms with Crippen molar-refractivity contribution < 1.29 is 21.6 Å². The van der Waals surface area contributed by atoms with E-state index >= 15 is 0 Å². The Morgan fingerprint density at radius 3 is 2.60 bits per heavy atom. The monoisotopic (exact) mass is 488 g/mol. The first-order chi connectivity index (χ1) is 14.2. The van der Waals surface area contributed by atoms with Crippen LogP contribution in [0.2, 0.25) is 5.02 Å². The Kier molecular flexibility index (Phi) is 7.35. The quantitative estimate of drug-likeness (QED) is 0.576. The number of halogens is 1. The molecule has 0 saturated carbocycles. The van der Waals surface area contributed by atoms with Gasteiger partial charge in [-0.25, -0.2) is 16.8 Å². The normalized spacial score (nSPS) is 18.1. The molecule has 1 unspecified atom stereocenters. The third kappa shape index (κ3) is 5.50. The van der Waals surface area contributed by atoms with Crippen LogP contribution in [0.25, 0.3) is 0 Å². The standard InChI is InChI=1S/C19H21ClN2O5S3/c20-16-5-7-17(8-6-16)29(24,25)13-2-1-10-21-19(23)15-9-11-22(14-15)30(26,27)18-4-3-12-28-18/h2-8,12-13,15H,1,9-11,14H2,(H,21,23)/b13-2+. The van der Waals surface area contributed by atoms with Gasteiger partial charge in [-0.15, -0.1) is 11.3 Å². The second-order valence-electron chi connectivity index (χ2n) is 6.73. The molecule has 1 fully saturated rings. The van der Waals surface area contributed by atoms with Gasteiger partial charge in [0.2, 0.25) is 5.91 Å². The number of hydrogen-bond donors (Lipinski definition) is 1. The maximum absolute atomic E-state index is 12.5. The molecular formula is C19H21ClN2O5S3. The van der Waals surface area contributed by atoms with Gasteiger partial charge in [0.15, 0.2) is 9.84 Å². The van der Waals surface area contributed by atoms with Crippen molar-refractivity contribution >= 4 is 48.7 Å². The zero-order valence-corrected chi connectivity index (χ0v) is 19.1. The highest BCUT2D eigenvalue weighted by Gasteiger charge is 2.36. The highest BCUT2D eigenvalue weighted by atomic mass is 35.5. The lowest BCUT2D eigenvalue weighted by atomic mass is 10.1. The van der Waals surface area contributed by atoms with Crippen molar-refractivity contribution in [2.45, 2.75) is 21.9 Å². The van der Waals surface area contributed by atoms with E-state index in [2.05, 4.69) is 5.32 Å². The summed E-state index contributed by atoms with van der Waals surface area (Å²) >= 11 is 6.91. The van der Waals surface area contributed by atoms with Crippen LogP contribution in [0, 0.1) is 5.92 Å².